The summed E-state index contributed by atoms with van der Waals surface area (Å²) in [5.74, 6) is -0.0506. The third-order valence-electron chi connectivity index (χ3n) is 2.45. The Hall–Kier alpha value is -1.00. The van der Waals surface area contributed by atoms with Crippen LogP contribution in [0.3, 0.4) is 0 Å². The molecule has 1 aromatic heterocycles. The van der Waals surface area contributed by atoms with Gasteiger partial charge in [0.2, 0.25) is 0 Å². The minimum absolute atomic E-state index is 0.0506. The topological polar surface area (TPSA) is 45.5 Å². The van der Waals surface area contributed by atoms with Crippen LogP contribution in [0.5, 0.6) is 0 Å². The number of aliphatic hydroxyl groups is 1. The van der Waals surface area contributed by atoms with Gasteiger partial charge in [0.05, 0.1) is 5.02 Å². The van der Waals surface area contributed by atoms with Gasteiger partial charge in [0.15, 0.2) is 0 Å². The van der Waals surface area contributed by atoms with E-state index in [1.165, 1.54) is 0 Å². The maximum Gasteiger partial charge on any atom is 0.270 e. The molecule has 1 rings (SSSR count). The molecule has 1 aromatic rings. The Morgan fingerprint density at radius 1 is 1.62 bits per heavy atom. The summed E-state index contributed by atoms with van der Waals surface area (Å²) in [6.07, 6.45) is 2.30. The van der Waals surface area contributed by atoms with Gasteiger partial charge in [-0.1, -0.05) is 11.6 Å². The molecule has 16 heavy (non-hydrogen) atoms. The lowest BCUT2D eigenvalue weighted by Crippen LogP contribution is -2.33. The van der Waals surface area contributed by atoms with E-state index >= 15 is 0 Å². The number of halogens is 1. The van der Waals surface area contributed by atoms with E-state index in [0.29, 0.717) is 30.2 Å². The first-order valence-electron chi connectivity index (χ1n) is 5.32. The molecular formula is C11H17ClN2O2. The van der Waals surface area contributed by atoms with Crippen LogP contribution in [-0.4, -0.2) is 40.2 Å². The van der Waals surface area contributed by atoms with Crippen molar-refractivity contribution in [1.82, 2.24) is 9.47 Å². The molecule has 1 N–H and O–H groups in total. The molecule has 0 radical (unpaired) electrons. The number of aliphatic hydroxyl groups excluding tert-OH is 1. The van der Waals surface area contributed by atoms with Crippen molar-refractivity contribution in [2.45, 2.75) is 13.3 Å². The highest BCUT2D eigenvalue weighted by molar-refractivity contribution is 6.31. The van der Waals surface area contributed by atoms with Gasteiger partial charge in [-0.25, -0.2) is 0 Å². The number of rotatable bonds is 5. The van der Waals surface area contributed by atoms with Crippen molar-refractivity contribution in [3.63, 3.8) is 0 Å². The average molecular weight is 245 g/mol. The summed E-state index contributed by atoms with van der Waals surface area (Å²) in [6.45, 7) is 3.20. The van der Waals surface area contributed by atoms with Gasteiger partial charge in [-0.15, -0.1) is 0 Å². The van der Waals surface area contributed by atoms with Crippen LogP contribution < -0.4 is 0 Å². The van der Waals surface area contributed by atoms with Gasteiger partial charge in [0.1, 0.15) is 5.69 Å². The molecular weight excluding hydrogens is 228 g/mol. The van der Waals surface area contributed by atoms with E-state index in [0.717, 1.165) is 0 Å². The van der Waals surface area contributed by atoms with E-state index in [9.17, 15) is 4.79 Å². The van der Waals surface area contributed by atoms with Gasteiger partial charge < -0.3 is 14.6 Å². The molecule has 90 valence electrons. The van der Waals surface area contributed by atoms with Crippen molar-refractivity contribution in [1.29, 1.82) is 0 Å². The van der Waals surface area contributed by atoms with E-state index in [2.05, 4.69) is 0 Å². The van der Waals surface area contributed by atoms with Gasteiger partial charge in [0, 0.05) is 32.9 Å². The number of aromatic nitrogens is 1. The first kappa shape index (κ1) is 13.1. The zero-order chi connectivity index (χ0) is 12.1. The Morgan fingerprint density at radius 3 is 2.75 bits per heavy atom. The first-order valence-corrected chi connectivity index (χ1v) is 5.70. The van der Waals surface area contributed by atoms with Crippen molar-refractivity contribution >= 4 is 17.5 Å². The predicted octanol–water partition coefficient (Wildman–Crippen LogP) is 1.52. The Kier molecular flexibility index (Phi) is 4.83. The van der Waals surface area contributed by atoms with Gasteiger partial charge in [-0.2, -0.15) is 0 Å². The average Bonchev–Trinajstić information content (AvgIpc) is 2.58. The summed E-state index contributed by atoms with van der Waals surface area (Å²) in [7, 11) is 1.79. The zero-order valence-corrected chi connectivity index (χ0v) is 10.4. The Morgan fingerprint density at radius 2 is 2.31 bits per heavy atom. The van der Waals surface area contributed by atoms with Crippen molar-refractivity contribution < 1.29 is 9.90 Å². The van der Waals surface area contributed by atoms with Crippen molar-refractivity contribution in [2.75, 3.05) is 19.7 Å². The third kappa shape index (κ3) is 3.00. The van der Waals surface area contributed by atoms with Crippen LogP contribution in [0.2, 0.25) is 5.02 Å². The lowest BCUT2D eigenvalue weighted by molar-refractivity contribution is 0.0745. The molecule has 0 bridgehead atoms. The van der Waals surface area contributed by atoms with Crippen LogP contribution in [0, 0.1) is 0 Å². The van der Waals surface area contributed by atoms with Crippen LogP contribution in [0.1, 0.15) is 23.8 Å². The number of hydrogen-bond donors (Lipinski definition) is 1. The molecule has 0 aliphatic carbocycles. The number of aryl methyl sites for hydroxylation is 1. The highest BCUT2D eigenvalue weighted by Crippen LogP contribution is 2.14. The maximum atomic E-state index is 12.1. The lowest BCUT2D eigenvalue weighted by atomic mass is 10.3. The van der Waals surface area contributed by atoms with E-state index in [1.54, 1.807) is 28.8 Å². The Balaban J connectivity index is 2.78. The molecule has 0 saturated heterocycles. The van der Waals surface area contributed by atoms with E-state index in [1.807, 2.05) is 6.92 Å². The second kappa shape index (κ2) is 5.92. The summed E-state index contributed by atoms with van der Waals surface area (Å²) in [6, 6.07) is 1.66. The van der Waals surface area contributed by atoms with E-state index in [-0.39, 0.29) is 12.5 Å². The van der Waals surface area contributed by atoms with Gasteiger partial charge in [0.25, 0.3) is 5.91 Å². The second-order valence-electron chi connectivity index (χ2n) is 3.62. The fraction of sp³-hybridized carbons (Fsp3) is 0.545. The highest BCUT2D eigenvalue weighted by Gasteiger charge is 2.17. The van der Waals surface area contributed by atoms with Crippen molar-refractivity contribution in [2.24, 2.45) is 7.05 Å². The maximum absolute atomic E-state index is 12.1. The van der Waals surface area contributed by atoms with Crippen LogP contribution in [0.15, 0.2) is 12.3 Å². The van der Waals surface area contributed by atoms with Crippen LogP contribution in [-0.2, 0) is 7.05 Å². The Bertz CT molecular complexity index is 363. The molecule has 5 heteroatoms. The number of amides is 1. The molecule has 0 atom stereocenters. The van der Waals surface area contributed by atoms with Crippen molar-refractivity contribution in [3.05, 3.63) is 23.0 Å². The van der Waals surface area contributed by atoms with E-state index in [4.69, 9.17) is 16.7 Å². The molecule has 0 aliphatic rings. The van der Waals surface area contributed by atoms with Gasteiger partial charge >= 0.3 is 0 Å². The first-order chi connectivity index (χ1) is 7.60. The molecule has 0 saturated carbocycles. The quantitative estimate of drug-likeness (QED) is 0.854. The molecule has 1 amide bonds. The van der Waals surface area contributed by atoms with Crippen molar-refractivity contribution in [3.8, 4) is 0 Å². The normalized spacial score (nSPS) is 10.5. The molecule has 0 aromatic carbocycles. The molecule has 0 fully saturated rings. The molecule has 0 unspecified atom stereocenters. The number of carbonyl (C=O) groups is 1. The molecule has 0 spiro atoms. The van der Waals surface area contributed by atoms with E-state index < -0.39 is 0 Å². The number of hydrogen-bond acceptors (Lipinski definition) is 2. The fourth-order valence-corrected chi connectivity index (χ4v) is 1.81. The predicted molar refractivity (Wildman–Crippen MR) is 63.7 cm³/mol. The van der Waals surface area contributed by atoms with Crippen LogP contribution >= 0.6 is 11.6 Å². The highest BCUT2D eigenvalue weighted by atomic mass is 35.5. The summed E-state index contributed by atoms with van der Waals surface area (Å²) < 4.78 is 1.71. The van der Waals surface area contributed by atoms with Crippen LogP contribution in [0.25, 0.3) is 0 Å². The smallest absolute Gasteiger partial charge is 0.270 e. The third-order valence-corrected chi connectivity index (χ3v) is 2.65. The Labute approximate surface area is 100 Å². The minimum atomic E-state index is -0.0506. The summed E-state index contributed by atoms with van der Waals surface area (Å²) in [5, 5.41) is 9.32. The zero-order valence-electron chi connectivity index (χ0n) is 9.61. The van der Waals surface area contributed by atoms with Crippen LogP contribution in [0.4, 0.5) is 0 Å². The number of nitrogens with zero attached hydrogens (tertiary/aromatic N) is 2. The molecule has 1 heterocycles. The monoisotopic (exact) mass is 244 g/mol. The SMILES string of the molecule is CCN(CCCO)C(=O)c1cc(Cl)cn1C. The summed E-state index contributed by atoms with van der Waals surface area (Å²) in [4.78, 5) is 13.8. The standard InChI is InChI=1S/C11H17ClN2O2/c1-3-14(5-4-6-15)11(16)10-7-9(12)8-13(10)2/h7-8,15H,3-6H2,1-2H3. The summed E-state index contributed by atoms with van der Waals surface area (Å²) in [5.41, 5.74) is 0.574. The number of carbonyl (C=O) groups excluding carboxylic acids is 1. The van der Waals surface area contributed by atoms with Gasteiger partial charge in [-0.3, -0.25) is 4.79 Å². The van der Waals surface area contributed by atoms with Gasteiger partial charge in [-0.05, 0) is 19.4 Å². The lowest BCUT2D eigenvalue weighted by Gasteiger charge is -2.20. The minimum Gasteiger partial charge on any atom is -0.396 e. The fourth-order valence-electron chi connectivity index (χ4n) is 1.56. The summed E-state index contributed by atoms with van der Waals surface area (Å²) >= 11 is 5.83. The molecule has 0 aliphatic heterocycles. The molecule has 4 nitrogen and oxygen atoms in total. The second-order valence-corrected chi connectivity index (χ2v) is 4.05. The largest absolute Gasteiger partial charge is 0.396 e.